The third-order valence-electron chi connectivity index (χ3n) is 4.65. The molecule has 0 radical (unpaired) electrons. The fourth-order valence-electron chi connectivity index (χ4n) is 3.28. The molecule has 3 heteroatoms. The summed E-state index contributed by atoms with van der Waals surface area (Å²) in [5.41, 5.74) is 3.22. The topological polar surface area (TPSA) is 41.1 Å². The zero-order valence-corrected chi connectivity index (χ0v) is 11.5. The Bertz CT molecular complexity index is 484. The van der Waals surface area contributed by atoms with Gasteiger partial charge < -0.3 is 10.6 Å². The van der Waals surface area contributed by atoms with Crippen LogP contribution in [0.4, 0.5) is 5.69 Å². The van der Waals surface area contributed by atoms with Gasteiger partial charge in [-0.15, -0.1) is 0 Å². The van der Waals surface area contributed by atoms with E-state index in [-0.39, 0.29) is 5.91 Å². The Labute approximate surface area is 114 Å². The van der Waals surface area contributed by atoms with E-state index in [1.165, 1.54) is 24.8 Å². The number of carbonyl (C=O) groups excluding carboxylic acids is 1. The maximum Gasteiger partial charge on any atom is 0.251 e. The molecule has 1 aliphatic carbocycles. The van der Waals surface area contributed by atoms with E-state index in [4.69, 9.17) is 0 Å². The highest BCUT2D eigenvalue weighted by Crippen LogP contribution is 2.30. The largest absolute Gasteiger partial charge is 0.384 e. The molecule has 1 saturated carbocycles. The molecule has 2 unspecified atom stereocenters. The molecule has 3 rings (SSSR count). The van der Waals surface area contributed by atoms with Crippen LogP contribution in [0.25, 0.3) is 0 Å². The van der Waals surface area contributed by atoms with Gasteiger partial charge in [-0.25, -0.2) is 0 Å². The van der Waals surface area contributed by atoms with Gasteiger partial charge in [-0.1, -0.05) is 25.8 Å². The average molecular weight is 258 g/mol. The maximum atomic E-state index is 12.2. The van der Waals surface area contributed by atoms with Crippen LogP contribution in [0, 0.1) is 11.8 Å². The standard InChI is InChI=1S/C16H22N2O/c1-11-3-2-4-14(11)10-18-16(19)13-6-5-12-7-8-17-15(12)9-13/h5-6,9,11,14,17H,2-4,7-8,10H2,1H3,(H,18,19). The number of nitrogens with one attached hydrogen (secondary N) is 2. The first-order chi connectivity index (χ1) is 9.24. The molecule has 1 aromatic carbocycles. The second-order valence-corrected chi connectivity index (χ2v) is 5.93. The van der Waals surface area contributed by atoms with Crippen molar-refractivity contribution in [1.29, 1.82) is 0 Å². The molecule has 1 aromatic rings. The molecule has 2 N–H and O–H groups in total. The summed E-state index contributed by atoms with van der Waals surface area (Å²) < 4.78 is 0. The molecule has 19 heavy (non-hydrogen) atoms. The van der Waals surface area contributed by atoms with E-state index in [9.17, 15) is 4.79 Å². The van der Waals surface area contributed by atoms with E-state index in [1.54, 1.807) is 0 Å². The Morgan fingerprint density at radius 1 is 1.42 bits per heavy atom. The molecular weight excluding hydrogens is 236 g/mol. The highest BCUT2D eigenvalue weighted by atomic mass is 16.1. The van der Waals surface area contributed by atoms with Crippen molar-refractivity contribution >= 4 is 11.6 Å². The van der Waals surface area contributed by atoms with Crippen LogP contribution in [0.1, 0.15) is 42.1 Å². The lowest BCUT2D eigenvalue weighted by molar-refractivity contribution is 0.0944. The third-order valence-corrected chi connectivity index (χ3v) is 4.65. The molecule has 1 heterocycles. The first-order valence-electron chi connectivity index (χ1n) is 7.39. The van der Waals surface area contributed by atoms with Crippen LogP contribution >= 0.6 is 0 Å². The molecular formula is C16H22N2O. The fraction of sp³-hybridized carbons (Fsp3) is 0.562. The Balaban J connectivity index is 1.61. The van der Waals surface area contributed by atoms with Crippen LogP contribution in [0.3, 0.4) is 0 Å². The Kier molecular flexibility index (Phi) is 3.45. The van der Waals surface area contributed by atoms with Crippen molar-refractivity contribution in [3.63, 3.8) is 0 Å². The Morgan fingerprint density at radius 3 is 3.11 bits per heavy atom. The van der Waals surface area contributed by atoms with Gasteiger partial charge in [0.15, 0.2) is 0 Å². The number of hydrogen-bond donors (Lipinski definition) is 2. The first kappa shape index (κ1) is 12.5. The highest BCUT2D eigenvalue weighted by molar-refractivity contribution is 5.95. The summed E-state index contributed by atoms with van der Waals surface area (Å²) in [6, 6.07) is 6.00. The summed E-state index contributed by atoms with van der Waals surface area (Å²) in [6.07, 6.45) is 4.94. The number of benzene rings is 1. The number of amides is 1. The van der Waals surface area contributed by atoms with Crippen molar-refractivity contribution in [2.45, 2.75) is 32.6 Å². The molecule has 1 amide bonds. The van der Waals surface area contributed by atoms with E-state index in [0.29, 0.717) is 5.92 Å². The lowest BCUT2D eigenvalue weighted by Crippen LogP contribution is -2.30. The smallest absolute Gasteiger partial charge is 0.251 e. The van der Waals surface area contributed by atoms with E-state index in [2.05, 4.69) is 23.6 Å². The predicted molar refractivity (Wildman–Crippen MR) is 77.5 cm³/mol. The summed E-state index contributed by atoms with van der Waals surface area (Å²) in [5.74, 6) is 1.48. The predicted octanol–water partition coefficient (Wildman–Crippen LogP) is 2.82. The molecule has 1 aliphatic heterocycles. The molecule has 102 valence electrons. The minimum atomic E-state index is 0.0654. The van der Waals surface area contributed by atoms with Crippen LogP contribution in [0.5, 0.6) is 0 Å². The van der Waals surface area contributed by atoms with Gasteiger partial charge in [0.1, 0.15) is 0 Å². The zero-order chi connectivity index (χ0) is 13.2. The number of carbonyl (C=O) groups is 1. The van der Waals surface area contributed by atoms with Crippen LogP contribution < -0.4 is 10.6 Å². The van der Waals surface area contributed by atoms with Crippen LogP contribution in [-0.2, 0) is 6.42 Å². The van der Waals surface area contributed by atoms with Crippen molar-refractivity contribution in [2.24, 2.45) is 11.8 Å². The van der Waals surface area contributed by atoms with Crippen molar-refractivity contribution in [2.75, 3.05) is 18.4 Å². The van der Waals surface area contributed by atoms with E-state index < -0.39 is 0 Å². The fourth-order valence-corrected chi connectivity index (χ4v) is 3.28. The van der Waals surface area contributed by atoms with Gasteiger partial charge in [0.05, 0.1) is 0 Å². The third kappa shape index (κ3) is 2.60. The van der Waals surface area contributed by atoms with Gasteiger partial charge in [0.25, 0.3) is 5.91 Å². The monoisotopic (exact) mass is 258 g/mol. The van der Waals surface area contributed by atoms with Crippen LogP contribution in [0.15, 0.2) is 18.2 Å². The number of fused-ring (bicyclic) bond motifs is 1. The highest BCUT2D eigenvalue weighted by Gasteiger charge is 2.23. The maximum absolute atomic E-state index is 12.2. The first-order valence-corrected chi connectivity index (χ1v) is 7.39. The summed E-state index contributed by atoms with van der Waals surface area (Å²) in [5, 5.41) is 6.42. The molecule has 2 atom stereocenters. The van der Waals surface area contributed by atoms with Crippen molar-refractivity contribution in [3.8, 4) is 0 Å². The second kappa shape index (κ2) is 5.24. The van der Waals surface area contributed by atoms with Gasteiger partial charge in [-0.05, 0) is 42.4 Å². The van der Waals surface area contributed by atoms with E-state index >= 15 is 0 Å². The van der Waals surface area contributed by atoms with Gasteiger partial charge in [-0.2, -0.15) is 0 Å². The summed E-state index contributed by atoms with van der Waals surface area (Å²) >= 11 is 0. The normalized spacial score (nSPS) is 24.9. The molecule has 0 bridgehead atoms. The quantitative estimate of drug-likeness (QED) is 0.875. The minimum absolute atomic E-state index is 0.0654. The van der Waals surface area contributed by atoms with Crippen molar-refractivity contribution < 1.29 is 4.79 Å². The van der Waals surface area contributed by atoms with Gasteiger partial charge >= 0.3 is 0 Å². The second-order valence-electron chi connectivity index (χ2n) is 5.93. The molecule has 1 fully saturated rings. The Morgan fingerprint density at radius 2 is 2.32 bits per heavy atom. The SMILES string of the molecule is CC1CCCC1CNC(=O)c1ccc2c(c1)NCC2. The molecule has 0 aromatic heterocycles. The van der Waals surface area contributed by atoms with Crippen molar-refractivity contribution in [3.05, 3.63) is 29.3 Å². The number of rotatable bonds is 3. The lowest BCUT2D eigenvalue weighted by Gasteiger charge is -2.16. The molecule has 2 aliphatic rings. The van der Waals surface area contributed by atoms with Crippen LogP contribution in [0.2, 0.25) is 0 Å². The van der Waals surface area contributed by atoms with E-state index in [0.717, 1.165) is 36.7 Å². The van der Waals surface area contributed by atoms with E-state index in [1.807, 2.05) is 12.1 Å². The lowest BCUT2D eigenvalue weighted by atomic mass is 9.98. The van der Waals surface area contributed by atoms with Gasteiger partial charge in [0.2, 0.25) is 0 Å². The number of hydrogen-bond acceptors (Lipinski definition) is 2. The summed E-state index contributed by atoms with van der Waals surface area (Å²) in [6.45, 7) is 4.10. The minimum Gasteiger partial charge on any atom is -0.384 e. The average Bonchev–Trinajstić information content (AvgIpc) is 3.03. The zero-order valence-electron chi connectivity index (χ0n) is 11.5. The molecule has 3 nitrogen and oxygen atoms in total. The molecule has 0 saturated heterocycles. The van der Waals surface area contributed by atoms with Crippen molar-refractivity contribution in [1.82, 2.24) is 5.32 Å². The summed E-state index contributed by atoms with van der Waals surface area (Å²) in [7, 11) is 0. The summed E-state index contributed by atoms with van der Waals surface area (Å²) in [4.78, 5) is 12.2. The molecule has 0 spiro atoms. The van der Waals surface area contributed by atoms with Gasteiger partial charge in [-0.3, -0.25) is 4.79 Å². The van der Waals surface area contributed by atoms with Crippen LogP contribution in [-0.4, -0.2) is 19.0 Å². The Hall–Kier alpha value is -1.51. The number of anilines is 1. The van der Waals surface area contributed by atoms with Gasteiger partial charge in [0, 0.05) is 24.3 Å².